The highest BCUT2D eigenvalue weighted by atomic mass is 16.6. The van der Waals surface area contributed by atoms with Crippen LogP contribution in [0.3, 0.4) is 0 Å². The molecule has 0 aromatic rings. The third kappa shape index (κ3) is 1.61. The number of amides is 1. The van der Waals surface area contributed by atoms with Gasteiger partial charge in [0.1, 0.15) is 5.60 Å². The molecule has 3 fully saturated rings. The fourth-order valence-electron chi connectivity index (χ4n) is 2.44. The molecule has 0 bridgehead atoms. The molecular formula is C11H18N2O2. The van der Waals surface area contributed by atoms with E-state index in [4.69, 9.17) is 4.74 Å². The number of carbonyl (C=O) groups is 1. The van der Waals surface area contributed by atoms with Crippen LogP contribution >= 0.6 is 0 Å². The van der Waals surface area contributed by atoms with Crippen molar-refractivity contribution in [3.63, 3.8) is 0 Å². The summed E-state index contributed by atoms with van der Waals surface area (Å²) in [6, 6.07) is 1.90. The van der Waals surface area contributed by atoms with Crippen LogP contribution in [0.1, 0.15) is 33.6 Å². The molecule has 84 valence electrons. The summed E-state index contributed by atoms with van der Waals surface area (Å²) >= 11 is 0. The number of carbonyl (C=O) groups excluding carboxylic acids is 1. The molecule has 3 aliphatic rings. The van der Waals surface area contributed by atoms with E-state index in [-0.39, 0.29) is 11.7 Å². The van der Waals surface area contributed by atoms with Gasteiger partial charge in [-0.15, -0.1) is 0 Å². The Kier molecular flexibility index (Phi) is 1.68. The monoisotopic (exact) mass is 210 g/mol. The summed E-state index contributed by atoms with van der Waals surface area (Å²) in [5.74, 6) is 0. The Bertz CT molecular complexity index is 294. The molecule has 1 amide bonds. The predicted molar refractivity (Wildman–Crippen MR) is 55.6 cm³/mol. The first-order valence-electron chi connectivity index (χ1n) is 5.73. The van der Waals surface area contributed by atoms with E-state index in [1.807, 2.05) is 25.7 Å². The van der Waals surface area contributed by atoms with Gasteiger partial charge in [-0.1, -0.05) is 0 Å². The average Bonchev–Trinajstić information content (AvgIpc) is 2.85. The third-order valence-electron chi connectivity index (χ3n) is 3.26. The van der Waals surface area contributed by atoms with Crippen LogP contribution in [0.25, 0.3) is 0 Å². The minimum atomic E-state index is -0.378. The third-order valence-corrected chi connectivity index (χ3v) is 3.26. The molecule has 0 unspecified atom stereocenters. The van der Waals surface area contributed by atoms with Crippen LogP contribution in [0.15, 0.2) is 0 Å². The molecule has 15 heavy (non-hydrogen) atoms. The summed E-state index contributed by atoms with van der Waals surface area (Å²) in [4.78, 5) is 13.9. The van der Waals surface area contributed by atoms with E-state index in [2.05, 4.69) is 5.32 Å². The fourth-order valence-corrected chi connectivity index (χ4v) is 2.44. The second-order valence-corrected chi connectivity index (χ2v) is 5.87. The van der Waals surface area contributed by atoms with Crippen LogP contribution in [0.5, 0.6) is 0 Å². The molecule has 1 saturated heterocycles. The van der Waals surface area contributed by atoms with Gasteiger partial charge in [-0.2, -0.15) is 0 Å². The van der Waals surface area contributed by atoms with E-state index < -0.39 is 0 Å². The molecule has 2 saturated carbocycles. The van der Waals surface area contributed by atoms with Crippen molar-refractivity contribution in [2.75, 3.05) is 0 Å². The van der Waals surface area contributed by atoms with Gasteiger partial charge >= 0.3 is 6.09 Å². The first kappa shape index (κ1) is 9.46. The lowest BCUT2D eigenvalue weighted by atomic mass is 10.2. The van der Waals surface area contributed by atoms with Gasteiger partial charge in [-0.3, -0.25) is 4.90 Å². The summed E-state index contributed by atoms with van der Waals surface area (Å²) < 4.78 is 5.43. The minimum absolute atomic E-state index is 0.121. The average molecular weight is 210 g/mol. The van der Waals surface area contributed by atoms with Crippen LogP contribution < -0.4 is 5.32 Å². The molecule has 1 heterocycles. The van der Waals surface area contributed by atoms with Crippen LogP contribution in [0, 0.1) is 0 Å². The number of fused-ring (bicyclic) bond motifs is 2. The topological polar surface area (TPSA) is 41.6 Å². The summed E-state index contributed by atoms with van der Waals surface area (Å²) in [6.45, 7) is 5.76. The van der Waals surface area contributed by atoms with Gasteiger partial charge in [0.25, 0.3) is 0 Å². The van der Waals surface area contributed by atoms with Gasteiger partial charge in [-0.05, 0) is 33.6 Å². The molecule has 4 nitrogen and oxygen atoms in total. The molecule has 1 aliphatic heterocycles. The number of rotatable bonds is 0. The van der Waals surface area contributed by atoms with Gasteiger partial charge in [0.15, 0.2) is 0 Å². The highest BCUT2D eigenvalue weighted by Crippen LogP contribution is 2.45. The van der Waals surface area contributed by atoms with Crippen LogP contribution in [-0.2, 0) is 4.74 Å². The number of nitrogens with one attached hydrogen (secondary N) is 1. The molecule has 1 N–H and O–H groups in total. The van der Waals surface area contributed by atoms with E-state index in [0.717, 1.165) is 12.8 Å². The number of hydrogen-bond donors (Lipinski definition) is 1. The van der Waals surface area contributed by atoms with Crippen molar-refractivity contribution >= 4 is 6.09 Å². The Morgan fingerprint density at radius 2 is 1.80 bits per heavy atom. The molecule has 0 aromatic carbocycles. The lowest BCUT2D eigenvalue weighted by molar-refractivity contribution is 0.0185. The van der Waals surface area contributed by atoms with E-state index in [1.165, 1.54) is 0 Å². The molecule has 2 aliphatic carbocycles. The molecule has 0 radical (unpaired) electrons. The van der Waals surface area contributed by atoms with Crippen molar-refractivity contribution < 1.29 is 9.53 Å². The van der Waals surface area contributed by atoms with Crippen molar-refractivity contribution in [2.24, 2.45) is 0 Å². The Balaban J connectivity index is 1.69. The quantitative estimate of drug-likeness (QED) is 0.651. The maximum absolute atomic E-state index is 12.0. The van der Waals surface area contributed by atoms with Gasteiger partial charge in [0.05, 0.1) is 12.1 Å². The second kappa shape index (κ2) is 2.67. The van der Waals surface area contributed by atoms with Crippen molar-refractivity contribution in [3.05, 3.63) is 0 Å². The molecular weight excluding hydrogens is 192 g/mol. The number of hydrogen-bond acceptors (Lipinski definition) is 3. The molecule has 4 atom stereocenters. The summed E-state index contributed by atoms with van der Waals surface area (Å²) in [5, 5.41) is 3.53. The van der Waals surface area contributed by atoms with Crippen molar-refractivity contribution in [2.45, 2.75) is 63.4 Å². The van der Waals surface area contributed by atoms with E-state index >= 15 is 0 Å². The molecule has 0 aromatic heterocycles. The number of ether oxygens (including phenoxy) is 1. The standard InChI is InChI=1S/C11H18N2O2/c1-11(2,3)15-10(14)13-8-4-6(8)12-7-5-9(7)13/h6-9,12H,4-5H2,1-3H3/t6-,7+,8+,9-. The number of piperazine rings is 1. The molecule has 0 spiro atoms. The zero-order chi connectivity index (χ0) is 10.8. The van der Waals surface area contributed by atoms with E-state index in [0.29, 0.717) is 24.2 Å². The smallest absolute Gasteiger partial charge is 0.410 e. The Labute approximate surface area is 90.0 Å². The van der Waals surface area contributed by atoms with Crippen molar-refractivity contribution in [3.8, 4) is 0 Å². The predicted octanol–water partition coefficient (Wildman–Crippen LogP) is 1.11. The Morgan fingerprint density at radius 3 is 2.27 bits per heavy atom. The lowest BCUT2D eigenvalue weighted by Gasteiger charge is -2.30. The molecule has 4 heteroatoms. The lowest BCUT2D eigenvalue weighted by Crippen LogP contribution is -2.48. The van der Waals surface area contributed by atoms with Gasteiger partial charge in [-0.25, -0.2) is 4.79 Å². The largest absolute Gasteiger partial charge is 0.444 e. The van der Waals surface area contributed by atoms with Crippen molar-refractivity contribution in [1.82, 2.24) is 10.2 Å². The van der Waals surface area contributed by atoms with E-state index in [1.54, 1.807) is 0 Å². The van der Waals surface area contributed by atoms with Gasteiger partial charge in [0, 0.05) is 12.1 Å². The van der Waals surface area contributed by atoms with Crippen LogP contribution in [-0.4, -0.2) is 40.8 Å². The highest BCUT2D eigenvalue weighted by Gasteiger charge is 2.60. The van der Waals surface area contributed by atoms with E-state index in [9.17, 15) is 4.79 Å². The Morgan fingerprint density at radius 1 is 1.27 bits per heavy atom. The van der Waals surface area contributed by atoms with Gasteiger partial charge < -0.3 is 10.1 Å². The first-order chi connectivity index (χ1) is 6.96. The maximum atomic E-state index is 12.0. The normalized spacial score (nSPS) is 41.7. The highest BCUT2D eigenvalue weighted by molar-refractivity contribution is 5.71. The second-order valence-electron chi connectivity index (χ2n) is 5.87. The Hall–Kier alpha value is -0.770. The van der Waals surface area contributed by atoms with Gasteiger partial charge in [0.2, 0.25) is 0 Å². The van der Waals surface area contributed by atoms with Crippen molar-refractivity contribution in [1.29, 1.82) is 0 Å². The summed E-state index contributed by atoms with van der Waals surface area (Å²) in [5.41, 5.74) is -0.378. The zero-order valence-electron chi connectivity index (χ0n) is 9.49. The van der Waals surface area contributed by atoms with Crippen LogP contribution in [0.4, 0.5) is 4.79 Å². The van der Waals surface area contributed by atoms with Crippen LogP contribution in [0.2, 0.25) is 0 Å². The maximum Gasteiger partial charge on any atom is 0.410 e. The minimum Gasteiger partial charge on any atom is -0.444 e. The summed E-state index contributed by atoms with van der Waals surface area (Å²) in [6.07, 6.45) is 2.09. The summed E-state index contributed by atoms with van der Waals surface area (Å²) in [7, 11) is 0. The SMILES string of the molecule is CC(C)(C)OC(=O)N1[C@@H]2C[C@@H]2N[C@@H]2C[C@@H]21. The fraction of sp³-hybridized carbons (Fsp3) is 0.909. The first-order valence-corrected chi connectivity index (χ1v) is 5.73. The zero-order valence-corrected chi connectivity index (χ0v) is 9.49. The number of nitrogens with zero attached hydrogens (tertiary/aromatic N) is 1. The molecule has 3 rings (SSSR count).